The minimum absolute atomic E-state index is 0.554. The molecule has 4 rings (SSSR count). The van der Waals surface area contributed by atoms with Gasteiger partial charge in [0.1, 0.15) is 11.6 Å². The van der Waals surface area contributed by atoms with Gasteiger partial charge < -0.3 is 21.8 Å². The molecule has 0 spiro atoms. The maximum Gasteiger partial charge on any atom is 0.173 e. The Morgan fingerprint density at radius 1 is 1.10 bits per heavy atom. The third-order valence-corrected chi connectivity index (χ3v) is 4.96. The van der Waals surface area contributed by atoms with Crippen LogP contribution in [0.25, 0.3) is 5.65 Å². The Balaban J connectivity index is 1.57. The molecule has 4 aromatic rings. The van der Waals surface area contributed by atoms with Gasteiger partial charge in [-0.1, -0.05) is 12.1 Å². The lowest BCUT2D eigenvalue weighted by atomic mass is 10.1. The van der Waals surface area contributed by atoms with E-state index in [4.69, 9.17) is 11.1 Å². The van der Waals surface area contributed by atoms with E-state index in [1.54, 1.807) is 16.9 Å². The van der Waals surface area contributed by atoms with E-state index < -0.39 is 0 Å². The van der Waals surface area contributed by atoms with Crippen molar-refractivity contribution >= 4 is 45.1 Å². The van der Waals surface area contributed by atoms with Crippen LogP contribution in [0.15, 0.2) is 59.5 Å². The molecule has 0 saturated heterocycles. The first-order chi connectivity index (χ1) is 14.1. The molecule has 0 fully saturated rings. The maximum absolute atomic E-state index is 7.45. The number of anilines is 3. The molecule has 0 unspecified atom stereocenters. The molecule has 146 valence electrons. The Morgan fingerprint density at radius 3 is 2.76 bits per heavy atom. The zero-order valence-electron chi connectivity index (χ0n) is 15.4. The summed E-state index contributed by atoms with van der Waals surface area (Å²) in [6.07, 6.45) is 6.55. The first-order valence-electron chi connectivity index (χ1n) is 8.94. The Bertz CT molecular complexity index is 1160. The van der Waals surface area contributed by atoms with Crippen LogP contribution in [-0.2, 0) is 13.1 Å². The van der Waals surface area contributed by atoms with Gasteiger partial charge in [0.15, 0.2) is 5.65 Å². The van der Waals surface area contributed by atoms with Crippen LogP contribution in [0, 0.1) is 5.41 Å². The zero-order valence-corrected chi connectivity index (χ0v) is 17.0. The van der Waals surface area contributed by atoms with Gasteiger partial charge in [0.05, 0.1) is 10.7 Å². The molecule has 0 bridgehead atoms. The van der Waals surface area contributed by atoms with Gasteiger partial charge in [-0.2, -0.15) is 9.61 Å². The van der Waals surface area contributed by atoms with E-state index in [9.17, 15) is 0 Å². The third kappa shape index (κ3) is 4.19. The van der Waals surface area contributed by atoms with Crippen LogP contribution in [0.4, 0.5) is 17.3 Å². The van der Waals surface area contributed by atoms with Crippen molar-refractivity contribution in [3.05, 3.63) is 76.2 Å². The number of nitrogens with two attached hydrogens (primary N) is 1. The summed E-state index contributed by atoms with van der Waals surface area (Å²) in [4.78, 5) is 8.79. The number of hydrogen-bond donors (Lipinski definition) is 4. The van der Waals surface area contributed by atoms with Gasteiger partial charge in [0.2, 0.25) is 0 Å². The molecule has 5 N–H and O–H groups in total. The van der Waals surface area contributed by atoms with Gasteiger partial charge in [-0.25, -0.2) is 4.98 Å². The molecule has 0 aliphatic rings. The van der Waals surface area contributed by atoms with Crippen LogP contribution in [0.2, 0.25) is 0 Å². The first kappa shape index (κ1) is 18.9. The number of halogens is 1. The lowest BCUT2D eigenvalue weighted by Gasteiger charge is -2.12. The molecule has 0 saturated carbocycles. The van der Waals surface area contributed by atoms with Gasteiger partial charge in [0, 0.05) is 49.0 Å². The van der Waals surface area contributed by atoms with E-state index in [0.29, 0.717) is 35.8 Å². The fraction of sp³-hybridized carbons (Fsp3) is 0.100. The van der Waals surface area contributed by atoms with E-state index in [1.807, 2.05) is 42.6 Å². The van der Waals surface area contributed by atoms with Gasteiger partial charge in [0.25, 0.3) is 0 Å². The van der Waals surface area contributed by atoms with Crippen molar-refractivity contribution in [1.29, 1.82) is 5.41 Å². The van der Waals surface area contributed by atoms with Crippen LogP contribution in [0.1, 0.15) is 16.7 Å². The lowest BCUT2D eigenvalue weighted by Crippen LogP contribution is -2.09. The second kappa shape index (κ2) is 8.27. The molecular formula is C20H19BrN8. The minimum atomic E-state index is 0.554. The van der Waals surface area contributed by atoms with E-state index in [2.05, 4.69) is 41.6 Å². The number of aromatic nitrogens is 4. The lowest BCUT2D eigenvalue weighted by molar-refractivity contribution is 0.922. The molecule has 29 heavy (non-hydrogen) atoms. The van der Waals surface area contributed by atoms with Crippen LogP contribution in [0.3, 0.4) is 0 Å². The molecular weight excluding hydrogens is 432 g/mol. The van der Waals surface area contributed by atoms with Crippen molar-refractivity contribution in [3.8, 4) is 0 Å². The summed E-state index contributed by atoms with van der Waals surface area (Å²) in [5.41, 5.74) is 9.94. The number of rotatable bonds is 7. The monoisotopic (exact) mass is 450 g/mol. The number of fused-ring (bicyclic) bond motifs is 1. The van der Waals surface area contributed by atoms with Crippen LogP contribution in [-0.4, -0.2) is 25.8 Å². The smallest absolute Gasteiger partial charge is 0.173 e. The number of nitrogens with one attached hydrogen (secondary N) is 3. The molecule has 8 nitrogen and oxygen atoms in total. The number of benzene rings is 1. The largest absolute Gasteiger partial charge is 0.398 e. The maximum atomic E-state index is 7.45. The Morgan fingerprint density at radius 2 is 1.97 bits per heavy atom. The highest BCUT2D eigenvalue weighted by atomic mass is 79.9. The average Bonchev–Trinajstić information content (AvgIpc) is 3.13. The number of hydrogen-bond acceptors (Lipinski definition) is 7. The van der Waals surface area contributed by atoms with Crippen molar-refractivity contribution in [2.24, 2.45) is 0 Å². The van der Waals surface area contributed by atoms with E-state index in [1.165, 1.54) is 6.21 Å². The average molecular weight is 451 g/mol. The second-order valence-electron chi connectivity index (χ2n) is 6.43. The number of nitrogen functional groups attached to an aromatic ring is 1. The molecule has 3 aromatic heterocycles. The summed E-state index contributed by atoms with van der Waals surface area (Å²) >= 11 is 3.50. The summed E-state index contributed by atoms with van der Waals surface area (Å²) < 4.78 is 2.56. The fourth-order valence-corrected chi connectivity index (χ4v) is 3.25. The molecule has 0 radical (unpaired) electrons. The summed E-state index contributed by atoms with van der Waals surface area (Å²) in [5, 5.41) is 18.6. The molecule has 0 amide bonds. The second-order valence-corrected chi connectivity index (χ2v) is 7.28. The summed E-state index contributed by atoms with van der Waals surface area (Å²) in [7, 11) is 0. The predicted molar refractivity (Wildman–Crippen MR) is 118 cm³/mol. The highest BCUT2D eigenvalue weighted by Crippen LogP contribution is 2.23. The first-order valence-corrected chi connectivity index (χ1v) is 9.73. The highest BCUT2D eigenvalue weighted by molar-refractivity contribution is 9.10. The van der Waals surface area contributed by atoms with Crippen LogP contribution < -0.4 is 16.4 Å². The third-order valence-electron chi connectivity index (χ3n) is 4.41. The standard InChI is InChI=1S/C20H19BrN8/c21-16-12-27-29-19(26-11-14-2-1-5-24-9-14)7-18(28-20(16)29)25-10-13-3-4-17(23)15(6-13)8-22/h1-9,12,22,26H,10-11,23H2,(H,25,28). The molecule has 0 aliphatic carbocycles. The van der Waals surface area contributed by atoms with Crippen molar-refractivity contribution < 1.29 is 0 Å². The zero-order chi connectivity index (χ0) is 20.2. The van der Waals surface area contributed by atoms with E-state index >= 15 is 0 Å². The number of pyridine rings is 1. The van der Waals surface area contributed by atoms with Gasteiger partial charge in [-0.15, -0.1) is 0 Å². The highest BCUT2D eigenvalue weighted by Gasteiger charge is 2.10. The Hall–Kier alpha value is -3.46. The fourth-order valence-electron chi connectivity index (χ4n) is 2.90. The van der Waals surface area contributed by atoms with Gasteiger partial charge in [-0.3, -0.25) is 4.98 Å². The van der Waals surface area contributed by atoms with Gasteiger partial charge >= 0.3 is 0 Å². The van der Waals surface area contributed by atoms with Crippen LogP contribution in [0.5, 0.6) is 0 Å². The predicted octanol–water partition coefficient (Wildman–Crippen LogP) is 3.69. The van der Waals surface area contributed by atoms with Crippen molar-refractivity contribution in [3.63, 3.8) is 0 Å². The van der Waals surface area contributed by atoms with E-state index in [0.717, 1.165) is 21.4 Å². The van der Waals surface area contributed by atoms with Crippen molar-refractivity contribution in [1.82, 2.24) is 19.6 Å². The van der Waals surface area contributed by atoms with Crippen molar-refractivity contribution in [2.75, 3.05) is 16.4 Å². The Labute approximate surface area is 175 Å². The summed E-state index contributed by atoms with van der Waals surface area (Å²) in [6, 6.07) is 11.5. The van der Waals surface area contributed by atoms with E-state index in [-0.39, 0.29) is 0 Å². The molecule has 3 heterocycles. The molecule has 9 heteroatoms. The quantitative estimate of drug-likeness (QED) is 0.252. The summed E-state index contributed by atoms with van der Waals surface area (Å²) in [5.74, 6) is 1.52. The van der Waals surface area contributed by atoms with Gasteiger partial charge in [-0.05, 0) is 45.3 Å². The topological polar surface area (TPSA) is 117 Å². The number of nitrogens with zero attached hydrogens (tertiary/aromatic N) is 4. The van der Waals surface area contributed by atoms with Crippen LogP contribution >= 0.6 is 15.9 Å². The molecule has 0 atom stereocenters. The SMILES string of the molecule is N=Cc1cc(CNc2cc(NCc3cccnc3)n3ncc(Br)c3n2)ccc1N. The van der Waals surface area contributed by atoms with Crippen molar-refractivity contribution in [2.45, 2.75) is 13.1 Å². The molecule has 0 aliphatic heterocycles. The summed E-state index contributed by atoms with van der Waals surface area (Å²) in [6.45, 7) is 1.17. The minimum Gasteiger partial charge on any atom is -0.398 e. The molecule has 1 aromatic carbocycles. The Kier molecular flexibility index (Phi) is 5.39. The normalized spacial score (nSPS) is 10.8.